The van der Waals surface area contributed by atoms with Crippen molar-refractivity contribution in [1.82, 2.24) is 4.90 Å². The Bertz CT molecular complexity index is 632. The molecule has 2 nitrogen and oxygen atoms in total. The van der Waals surface area contributed by atoms with Gasteiger partial charge in [-0.1, -0.05) is 35.9 Å². The third-order valence-corrected chi connectivity index (χ3v) is 3.50. The minimum absolute atomic E-state index is 0.277. The van der Waals surface area contributed by atoms with Crippen LogP contribution in [-0.2, 0) is 13.1 Å². The zero-order valence-corrected chi connectivity index (χ0v) is 10.8. The summed E-state index contributed by atoms with van der Waals surface area (Å²) in [7, 11) is 0. The van der Waals surface area contributed by atoms with E-state index in [1.807, 2.05) is 4.90 Å². The summed E-state index contributed by atoms with van der Waals surface area (Å²) in [6.07, 6.45) is 0. The van der Waals surface area contributed by atoms with Crippen LogP contribution < -0.4 is 0 Å². The molecule has 0 spiro atoms. The number of nitrogens with one attached hydrogen (secondary N) is 1. The van der Waals surface area contributed by atoms with E-state index in [1.54, 1.807) is 6.07 Å². The van der Waals surface area contributed by atoms with Crippen LogP contribution in [0.25, 0.3) is 0 Å². The van der Waals surface area contributed by atoms with Crippen molar-refractivity contribution in [1.29, 1.82) is 5.41 Å². The molecule has 19 heavy (non-hydrogen) atoms. The highest BCUT2D eigenvalue weighted by molar-refractivity contribution is 6.00. The number of hydrogen-bond donors (Lipinski definition) is 1. The molecule has 3 rings (SSSR count). The molecule has 0 bridgehead atoms. The number of amidine groups is 1. The highest BCUT2D eigenvalue weighted by Crippen LogP contribution is 2.25. The van der Waals surface area contributed by atoms with Gasteiger partial charge in [0.05, 0.1) is 0 Å². The Morgan fingerprint density at radius 3 is 2.63 bits per heavy atom. The lowest BCUT2D eigenvalue weighted by Gasteiger charge is -2.18. The fourth-order valence-corrected chi connectivity index (χ4v) is 2.41. The highest BCUT2D eigenvalue weighted by atomic mass is 19.1. The van der Waals surface area contributed by atoms with E-state index in [0.29, 0.717) is 24.5 Å². The lowest BCUT2D eigenvalue weighted by atomic mass is 10.1. The molecule has 0 unspecified atom stereocenters. The fourth-order valence-electron chi connectivity index (χ4n) is 2.41. The van der Waals surface area contributed by atoms with Crippen LogP contribution >= 0.6 is 0 Å². The minimum Gasteiger partial charge on any atom is -0.348 e. The molecular formula is C16H15FN2. The quantitative estimate of drug-likeness (QED) is 0.872. The van der Waals surface area contributed by atoms with E-state index in [-0.39, 0.29) is 5.82 Å². The van der Waals surface area contributed by atoms with Gasteiger partial charge in [0, 0.05) is 18.7 Å². The Hall–Kier alpha value is -2.16. The first-order chi connectivity index (χ1) is 9.13. The molecule has 0 saturated heterocycles. The van der Waals surface area contributed by atoms with Gasteiger partial charge in [0.25, 0.3) is 0 Å². The summed E-state index contributed by atoms with van der Waals surface area (Å²) in [5.74, 6) is 0.135. The van der Waals surface area contributed by atoms with Gasteiger partial charge in [-0.2, -0.15) is 0 Å². The van der Waals surface area contributed by atoms with Gasteiger partial charge in [0.15, 0.2) is 0 Å². The van der Waals surface area contributed by atoms with Crippen LogP contribution in [0.1, 0.15) is 22.3 Å². The van der Waals surface area contributed by atoms with Crippen molar-refractivity contribution in [2.24, 2.45) is 0 Å². The van der Waals surface area contributed by atoms with E-state index < -0.39 is 0 Å². The Balaban J connectivity index is 1.82. The Kier molecular flexibility index (Phi) is 2.82. The summed E-state index contributed by atoms with van der Waals surface area (Å²) < 4.78 is 13.2. The fraction of sp³-hybridized carbons (Fsp3) is 0.188. The second-order valence-electron chi connectivity index (χ2n) is 4.99. The Morgan fingerprint density at radius 2 is 1.89 bits per heavy atom. The zero-order chi connectivity index (χ0) is 13.4. The maximum atomic E-state index is 13.2. The molecule has 1 aliphatic heterocycles. The lowest BCUT2D eigenvalue weighted by molar-refractivity contribution is 0.422. The second kappa shape index (κ2) is 4.50. The third-order valence-electron chi connectivity index (χ3n) is 3.50. The summed E-state index contributed by atoms with van der Waals surface area (Å²) in [4.78, 5) is 1.97. The smallest absolute Gasteiger partial charge is 0.129 e. The Labute approximate surface area is 112 Å². The van der Waals surface area contributed by atoms with Gasteiger partial charge in [0.2, 0.25) is 0 Å². The molecule has 0 aromatic heterocycles. The van der Waals surface area contributed by atoms with Gasteiger partial charge < -0.3 is 4.90 Å². The first kappa shape index (κ1) is 11.9. The van der Waals surface area contributed by atoms with E-state index in [1.165, 1.54) is 23.3 Å². The summed E-state index contributed by atoms with van der Waals surface area (Å²) in [5, 5.41) is 8.14. The number of halogens is 1. The molecule has 0 fully saturated rings. The topological polar surface area (TPSA) is 27.1 Å². The number of fused-ring (bicyclic) bond motifs is 1. The van der Waals surface area contributed by atoms with E-state index in [2.05, 4.69) is 31.2 Å². The van der Waals surface area contributed by atoms with Gasteiger partial charge >= 0.3 is 0 Å². The van der Waals surface area contributed by atoms with Crippen LogP contribution in [0.15, 0.2) is 42.5 Å². The van der Waals surface area contributed by atoms with Crippen LogP contribution in [0, 0.1) is 18.2 Å². The van der Waals surface area contributed by atoms with Gasteiger partial charge in [0.1, 0.15) is 11.7 Å². The standard InChI is InChI=1S/C16H15FN2/c1-11-2-4-12(5-3-11)9-19-10-13-6-7-14(17)8-15(13)16(19)18/h2-8,18H,9-10H2,1H3. The summed E-state index contributed by atoms with van der Waals surface area (Å²) in [6.45, 7) is 3.43. The van der Waals surface area contributed by atoms with Crippen molar-refractivity contribution in [3.8, 4) is 0 Å². The number of nitrogens with zero attached hydrogens (tertiary/aromatic N) is 1. The molecule has 3 heteroatoms. The maximum Gasteiger partial charge on any atom is 0.129 e. The summed E-state index contributed by atoms with van der Waals surface area (Å²) in [5.41, 5.74) is 4.14. The number of hydrogen-bond acceptors (Lipinski definition) is 1. The van der Waals surface area contributed by atoms with Crippen molar-refractivity contribution >= 4 is 5.84 Å². The molecule has 1 aliphatic rings. The molecule has 0 saturated carbocycles. The predicted octanol–water partition coefficient (Wildman–Crippen LogP) is 3.48. The van der Waals surface area contributed by atoms with E-state index in [9.17, 15) is 4.39 Å². The van der Waals surface area contributed by atoms with Crippen LogP contribution in [-0.4, -0.2) is 10.7 Å². The second-order valence-corrected chi connectivity index (χ2v) is 4.99. The highest BCUT2D eigenvalue weighted by Gasteiger charge is 2.24. The van der Waals surface area contributed by atoms with Crippen molar-refractivity contribution in [3.05, 3.63) is 70.5 Å². The van der Waals surface area contributed by atoms with Gasteiger partial charge in [-0.3, -0.25) is 5.41 Å². The largest absolute Gasteiger partial charge is 0.348 e. The molecule has 0 amide bonds. The zero-order valence-electron chi connectivity index (χ0n) is 10.8. The van der Waals surface area contributed by atoms with Crippen LogP contribution in [0.5, 0.6) is 0 Å². The molecule has 0 radical (unpaired) electrons. The number of rotatable bonds is 2. The maximum absolute atomic E-state index is 13.2. The van der Waals surface area contributed by atoms with Gasteiger partial charge in [-0.05, 0) is 30.2 Å². The normalized spacial score (nSPS) is 13.8. The van der Waals surface area contributed by atoms with Gasteiger partial charge in [-0.15, -0.1) is 0 Å². The molecule has 0 atom stereocenters. The van der Waals surface area contributed by atoms with Crippen molar-refractivity contribution < 1.29 is 4.39 Å². The monoisotopic (exact) mass is 254 g/mol. The molecule has 2 aromatic rings. The predicted molar refractivity (Wildman–Crippen MR) is 73.7 cm³/mol. The van der Waals surface area contributed by atoms with Gasteiger partial charge in [-0.25, -0.2) is 4.39 Å². The third kappa shape index (κ3) is 2.24. The first-order valence-electron chi connectivity index (χ1n) is 6.31. The molecule has 2 aromatic carbocycles. The first-order valence-corrected chi connectivity index (χ1v) is 6.31. The van der Waals surface area contributed by atoms with E-state index in [4.69, 9.17) is 5.41 Å². The molecule has 0 aliphatic carbocycles. The molecule has 1 heterocycles. The molecular weight excluding hydrogens is 239 g/mol. The van der Waals surface area contributed by atoms with Crippen LogP contribution in [0.4, 0.5) is 4.39 Å². The van der Waals surface area contributed by atoms with Crippen molar-refractivity contribution in [3.63, 3.8) is 0 Å². The van der Waals surface area contributed by atoms with Crippen molar-refractivity contribution in [2.75, 3.05) is 0 Å². The number of benzene rings is 2. The molecule has 1 N–H and O–H groups in total. The SMILES string of the molecule is Cc1ccc(CN2Cc3ccc(F)cc3C2=N)cc1. The van der Waals surface area contributed by atoms with E-state index >= 15 is 0 Å². The lowest BCUT2D eigenvalue weighted by Crippen LogP contribution is -2.23. The van der Waals surface area contributed by atoms with Crippen LogP contribution in [0.2, 0.25) is 0 Å². The Morgan fingerprint density at radius 1 is 1.16 bits per heavy atom. The van der Waals surface area contributed by atoms with Crippen LogP contribution in [0.3, 0.4) is 0 Å². The minimum atomic E-state index is -0.277. The average molecular weight is 254 g/mol. The number of aryl methyl sites for hydroxylation is 1. The van der Waals surface area contributed by atoms with E-state index in [0.717, 1.165) is 5.56 Å². The molecule has 96 valence electrons. The average Bonchev–Trinajstić information content (AvgIpc) is 2.70. The van der Waals surface area contributed by atoms with Crippen molar-refractivity contribution in [2.45, 2.75) is 20.0 Å². The summed E-state index contributed by atoms with van der Waals surface area (Å²) >= 11 is 0. The summed E-state index contributed by atoms with van der Waals surface area (Å²) in [6, 6.07) is 13.0.